The molecule has 1 fully saturated rings. The van der Waals surface area contributed by atoms with Crippen LogP contribution in [0.1, 0.15) is 52.4 Å². The third kappa shape index (κ3) is 3.82. The molecule has 1 amide bonds. The summed E-state index contributed by atoms with van der Waals surface area (Å²) >= 11 is 0. The minimum Gasteiger partial charge on any atom is -0.393 e. The van der Waals surface area contributed by atoms with E-state index in [0.29, 0.717) is 18.3 Å². The summed E-state index contributed by atoms with van der Waals surface area (Å²) in [6.07, 6.45) is 5.59. The van der Waals surface area contributed by atoms with Gasteiger partial charge in [0.25, 0.3) is 0 Å². The van der Waals surface area contributed by atoms with Crippen LogP contribution in [0, 0.1) is 5.41 Å². The molecule has 1 aliphatic carbocycles. The largest absolute Gasteiger partial charge is 0.393 e. The lowest BCUT2D eigenvalue weighted by Crippen LogP contribution is -2.41. The summed E-state index contributed by atoms with van der Waals surface area (Å²) in [7, 11) is 0. The lowest BCUT2D eigenvalue weighted by Gasteiger charge is -2.41. The molecule has 0 aliphatic heterocycles. The standard InChI is InChI=1S/C12H23NO2/c1-3-12(7-4-8-12)9-13-11(15)6-5-10(2)14/h10,14H,3-9H2,1-2H3,(H,13,15). The minimum atomic E-state index is -0.375. The topological polar surface area (TPSA) is 49.3 Å². The van der Waals surface area contributed by atoms with Crippen molar-refractivity contribution in [2.24, 2.45) is 5.41 Å². The third-order valence-corrected chi connectivity index (χ3v) is 3.61. The average molecular weight is 213 g/mol. The first kappa shape index (κ1) is 12.5. The van der Waals surface area contributed by atoms with Gasteiger partial charge in [0.15, 0.2) is 0 Å². The Labute approximate surface area is 92.3 Å². The molecule has 0 saturated heterocycles. The van der Waals surface area contributed by atoms with Crippen LogP contribution in [0.5, 0.6) is 0 Å². The lowest BCUT2D eigenvalue weighted by atomic mass is 9.67. The number of aliphatic hydroxyl groups excluding tert-OH is 1. The Balaban J connectivity index is 2.16. The van der Waals surface area contributed by atoms with Crippen molar-refractivity contribution in [3.63, 3.8) is 0 Å². The van der Waals surface area contributed by atoms with Crippen LogP contribution in [0.25, 0.3) is 0 Å². The van der Waals surface area contributed by atoms with E-state index in [0.717, 1.165) is 13.0 Å². The fraction of sp³-hybridized carbons (Fsp3) is 0.917. The van der Waals surface area contributed by atoms with E-state index in [1.807, 2.05) is 0 Å². The molecule has 1 saturated carbocycles. The fourth-order valence-electron chi connectivity index (χ4n) is 2.05. The molecule has 0 spiro atoms. The summed E-state index contributed by atoms with van der Waals surface area (Å²) in [4.78, 5) is 11.4. The molecular weight excluding hydrogens is 190 g/mol. The van der Waals surface area contributed by atoms with Crippen LogP contribution in [0.15, 0.2) is 0 Å². The SMILES string of the molecule is CCC1(CNC(=O)CCC(C)O)CCC1. The van der Waals surface area contributed by atoms with Crippen LogP contribution in [-0.2, 0) is 4.79 Å². The first-order chi connectivity index (χ1) is 7.08. The molecule has 3 nitrogen and oxygen atoms in total. The van der Waals surface area contributed by atoms with Gasteiger partial charge in [-0.25, -0.2) is 0 Å². The van der Waals surface area contributed by atoms with Crippen molar-refractivity contribution in [1.82, 2.24) is 5.32 Å². The number of rotatable bonds is 6. The summed E-state index contributed by atoms with van der Waals surface area (Å²) in [5.41, 5.74) is 0.389. The van der Waals surface area contributed by atoms with Gasteiger partial charge in [0.2, 0.25) is 5.91 Å². The molecule has 88 valence electrons. The maximum absolute atomic E-state index is 11.4. The van der Waals surface area contributed by atoms with Gasteiger partial charge in [-0.3, -0.25) is 4.79 Å². The first-order valence-corrected chi connectivity index (χ1v) is 6.03. The Morgan fingerprint density at radius 3 is 2.60 bits per heavy atom. The highest BCUT2D eigenvalue weighted by Crippen LogP contribution is 2.42. The van der Waals surface area contributed by atoms with E-state index in [9.17, 15) is 4.79 Å². The monoisotopic (exact) mass is 213 g/mol. The van der Waals surface area contributed by atoms with Gasteiger partial charge < -0.3 is 10.4 Å². The Bertz CT molecular complexity index is 204. The zero-order chi connectivity index (χ0) is 11.3. The second-order valence-electron chi connectivity index (χ2n) is 4.87. The molecule has 0 aromatic rings. The maximum Gasteiger partial charge on any atom is 0.220 e. The van der Waals surface area contributed by atoms with Crippen LogP contribution < -0.4 is 5.32 Å². The van der Waals surface area contributed by atoms with Gasteiger partial charge in [0.1, 0.15) is 0 Å². The van der Waals surface area contributed by atoms with E-state index in [1.54, 1.807) is 6.92 Å². The van der Waals surface area contributed by atoms with Crippen molar-refractivity contribution in [3.05, 3.63) is 0 Å². The van der Waals surface area contributed by atoms with E-state index in [-0.39, 0.29) is 12.0 Å². The zero-order valence-corrected chi connectivity index (χ0v) is 9.88. The Hall–Kier alpha value is -0.570. The van der Waals surface area contributed by atoms with E-state index in [4.69, 9.17) is 5.11 Å². The second-order valence-corrected chi connectivity index (χ2v) is 4.87. The smallest absolute Gasteiger partial charge is 0.220 e. The van der Waals surface area contributed by atoms with Gasteiger partial charge in [0.05, 0.1) is 6.10 Å². The fourth-order valence-corrected chi connectivity index (χ4v) is 2.05. The van der Waals surface area contributed by atoms with Crippen molar-refractivity contribution >= 4 is 5.91 Å². The molecule has 3 heteroatoms. The zero-order valence-electron chi connectivity index (χ0n) is 9.88. The van der Waals surface area contributed by atoms with Crippen molar-refractivity contribution < 1.29 is 9.90 Å². The Morgan fingerprint density at radius 1 is 1.53 bits per heavy atom. The lowest BCUT2D eigenvalue weighted by molar-refractivity contribution is -0.122. The maximum atomic E-state index is 11.4. The molecule has 0 heterocycles. The molecule has 15 heavy (non-hydrogen) atoms. The average Bonchev–Trinajstić information content (AvgIpc) is 2.14. The predicted molar refractivity (Wildman–Crippen MR) is 60.5 cm³/mol. The first-order valence-electron chi connectivity index (χ1n) is 6.03. The predicted octanol–water partition coefficient (Wildman–Crippen LogP) is 1.84. The quantitative estimate of drug-likeness (QED) is 0.707. The highest BCUT2D eigenvalue weighted by molar-refractivity contribution is 5.75. The van der Waals surface area contributed by atoms with E-state index in [1.165, 1.54) is 19.3 Å². The van der Waals surface area contributed by atoms with Crippen molar-refractivity contribution in [1.29, 1.82) is 0 Å². The van der Waals surface area contributed by atoms with Crippen molar-refractivity contribution in [2.75, 3.05) is 6.54 Å². The number of nitrogens with one attached hydrogen (secondary N) is 1. The van der Waals surface area contributed by atoms with Gasteiger partial charge >= 0.3 is 0 Å². The molecule has 1 unspecified atom stereocenters. The molecule has 1 rings (SSSR count). The normalized spacial score (nSPS) is 20.5. The second kappa shape index (κ2) is 5.50. The molecular formula is C12H23NO2. The van der Waals surface area contributed by atoms with Gasteiger partial charge in [-0.1, -0.05) is 13.3 Å². The van der Waals surface area contributed by atoms with E-state index in [2.05, 4.69) is 12.2 Å². The number of hydrogen-bond acceptors (Lipinski definition) is 2. The van der Waals surface area contributed by atoms with Gasteiger partial charge in [-0.05, 0) is 38.0 Å². The molecule has 0 aromatic heterocycles. The van der Waals surface area contributed by atoms with Crippen LogP contribution in [0.3, 0.4) is 0 Å². The third-order valence-electron chi connectivity index (χ3n) is 3.61. The molecule has 0 aromatic carbocycles. The van der Waals surface area contributed by atoms with E-state index >= 15 is 0 Å². The van der Waals surface area contributed by atoms with Crippen LogP contribution in [0.4, 0.5) is 0 Å². The number of carbonyl (C=O) groups is 1. The van der Waals surface area contributed by atoms with Crippen molar-refractivity contribution in [2.45, 2.75) is 58.5 Å². The van der Waals surface area contributed by atoms with Crippen LogP contribution in [-0.4, -0.2) is 23.7 Å². The molecule has 0 radical (unpaired) electrons. The Morgan fingerprint density at radius 2 is 2.20 bits per heavy atom. The summed E-state index contributed by atoms with van der Waals surface area (Å²) in [5, 5.41) is 12.0. The Kier molecular flexibility index (Phi) is 4.58. The summed E-state index contributed by atoms with van der Waals surface area (Å²) in [6, 6.07) is 0. The minimum absolute atomic E-state index is 0.0793. The summed E-state index contributed by atoms with van der Waals surface area (Å²) in [5.74, 6) is 0.0793. The highest BCUT2D eigenvalue weighted by Gasteiger charge is 2.34. The summed E-state index contributed by atoms with van der Waals surface area (Å²) < 4.78 is 0. The van der Waals surface area contributed by atoms with Crippen molar-refractivity contribution in [3.8, 4) is 0 Å². The highest BCUT2D eigenvalue weighted by atomic mass is 16.3. The van der Waals surface area contributed by atoms with Crippen LogP contribution in [0.2, 0.25) is 0 Å². The summed E-state index contributed by atoms with van der Waals surface area (Å²) in [6.45, 7) is 4.73. The van der Waals surface area contributed by atoms with Crippen LogP contribution >= 0.6 is 0 Å². The molecule has 0 bridgehead atoms. The molecule has 1 aliphatic rings. The van der Waals surface area contributed by atoms with Gasteiger partial charge in [-0.2, -0.15) is 0 Å². The number of amides is 1. The van der Waals surface area contributed by atoms with Gasteiger partial charge in [-0.15, -0.1) is 0 Å². The molecule has 1 atom stereocenters. The molecule has 2 N–H and O–H groups in total. The number of carbonyl (C=O) groups excluding carboxylic acids is 1. The number of aliphatic hydroxyl groups is 1. The number of hydrogen-bond donors (Lipinski definition) is 2. The van der Waals surface area contributed by atoms with E-state index < -0.39 is 0 Å². The van der Waals surface area contributed by atoms with Gasteiger partial charge in [0, 0.05) is 13.0 Å².